The van der Waals surface area contributed by atoms with Gasteiger partial charge in [-0.25, -0.2) is 4.98 Å². The average Bonchev–Trinajstić information content (AvgIpc) is 3.45. The van der Waals surface area contributed by atoms with E-state index in [0.717, 1.165) is 73.6 Å². The minimum absolute atomic E-state index is 0.484. The zero-order valence-electron chi connectivity index (χ0n) is 18.5. The van der Waals surface area contributed by atoms with Gasteiger partial charge in [0.05, 0.1) is 23.2 Å². The molecule has 2 aliphatic heterocycles. The first-order valence-electron chi connectivity index (χ1n) is 11.6. The fraction of sp³-hybridized carbons (Fsp3) is 0.520. The van der Waals surface area contributed by atoms with Gasteiger partial charge in [-0.2, -0.15) is 5.26 Å². The number of nitrogens with zero attached hydrogens (tertiary/aromatic N) is 5. The highest BCUT2D eigenvalue weighted by Crippen LogP contribution is 2.31. The first-order valence-corrected chi connectivity index (χ1v) is 11.6. The molecule has 1 aromatic carbocycles. The Kier molecular flexibility index (Phi) is 5.56. The monoisotopic (exact) mass is 417 g/mol. The van der Waals surface area contributed by atoms with Crippen molar-refractivity contribution in [2.75, 3.05) is 44.8 Å². The average molecular weight is 418 g/mol. The van der Waals surface area contributed by atoms with Gasteiger partial charge in [0.2, 0.25) is 0 Å². The van der Waals surface area contributed by atoms with Crippen LogP contribution in [0, 0.1) is 17.2 Å². The summed E-state index contributed by atoms with van der Waals surface area (Å²) in [7, 11) is 2.21. The van der Waals surface area contributed by atoms with Crippen molar-refractivity contribution in [3.8, 4) is 6.07 Å². The van der Waals surface area contributed by atoms with Crippen LogP contribution in [0.25, 0.3) is 16.7 Å². The molecule has 2 aromatic heterocycles. The van der Waals surface area contributed by atoms with Crippen LogP contribution in [0.5, 0.6) is 0 Å². The number of aryl methyl sites for hydroxylation is 1. The molecule has 31 heavy (non-hydrogen) atoms. The number of benzene rings is 1. The molecule has 0 bridgehead atoms. The van der Waals surface area contributed by atoms with Crippen molar-refractivity contribution >= 4 is 22.5 Å². The normalized spacial score (nSPS) is 20.5. The molecule has 3 aromatic rings. The van der Waals surface area contributed by atoms with Gasteiger partial charge in [0.1, 0.15) is 11.9 Å². The number of imidazole rings is 1. The van der Waals surface area contributed by atoms with Crippen LogP contribution in [0.4, 0.5) is 5.82 Å². The summed E-state index contributed by atoms with van der Waals surface area (Å²) in [5, 5.41) is 9.87. The Morgan fingerprint density at radius 2 is 2.03 bits per heavy atom. The molecule has 162 valence electrons. The predicted molar refractivity (Wildman–Crippen MR) is 124 cm³/mol. The smallest absolute Gasteiger partial charge is 0.157 e. The zero-order valence-corrected chi connectivity index (χ0v) is 18.5. The summed E-state index contributed by atoms with van der Waals surface area (Å²) < 4.78 is 7.75. The van der Waals surface area contributed by atoms with E-state index in [2.05, 4.69) is 46.4 Å². The van der Waals surface area contributed by atoms with Gasteiger partial charge >= 0.3 is 0 Å². The van der Waals surface area contributed by atoms with Crippen molar-refractivity contribution < 1.29 is 4.74 Å². The molecule has 0 radical (unpaired) electrons. The highest BCUT2D eigenvalue weighted by Gasteiger charge is 2.28. The van der Waals surface area contributed by atoms with Crippen molar-refractivity contribution in [1.82, 2.24) is 14.3 Å². The van der Waals surface area contributed by atoms with E-state index in [1.807, 2.05) is 18.2 Å². The minimum atomic E-state index is 0.484. The number of fused-ring (bicyclic) bond motifs is 3. The van der Waals surface area contributed by atoms with Crippen LogP contribution in [-0.2, 0) is 11.2 Å². The molecule has 4 heterocycles. The number of rotatable bonds is 5. The minimum Gasteiger partial charge on any atom is -0.381 e. The van der Waals surface area contributed by atoms with Crippen LogP contribution in [0.3, 0.4) is 0 Å². The Morgan fingerprint density at radius 3 is 2.74 bits per heavy atom. The van der Waals surface area contributed by atoms with Crippen LogP contribution < -0.4 is 4.90 Å². The first kappa shape index (κ1) is 20.3. The summed E-state index contributed by atoms with van der Waals surface area (Å²) in [5.41, 5.74) is 4.56. The van der Waals surface area contributed by atoms with Crippen LogP contribution in [0.15, 0.2) is 30.3 Å². The lowest BCUT2D eigenvalue weighted by Gasteiger charge is -2.38. The van der Waals surface area contributed by atoms with Gasteiger partial charge in [0.15, 0.2) is 5.65 Å². The highest BCUT2D eigenvalue weighted by atomic mass is 16.5. The summed E-state index contributed by atoms with van der Waals surface area (Å²) in [4.78, 5) is 9.89. The molecule has 1 unspecified atom stereocenters. The maximum absolute atomic E-state index is 9.87. The molecule has 6 heteroatoms. The summed E-state index contributed by atoms with van der Waals surface area (Å²) in [6.07, 6.45) is 4.33. The number of nitriles is 1. The number of anilines is 1. The van der Waals surface area contributed by atoms with Crippen LogP contribution in [-0.4, -0.2) is 60.2 Å². The third kappa shape index (κ3) is 3.66. The van der Waals surface area contributed by atoms with E-state index in [1.54, 1.807) is 0 Å². The lowest BCUT2D eigenvalue weighted by Crippen LogP contribution is -2.45. The Hall–Kier alpha value is -2.62. The SMILES string of the molecule is CCc1cc(N(C)C2CCN(CC3CCOC3)CC2)n2c(nc3ccccc32)c1C#N. The Labute approximate surface area is 184 Å². The van der Waals surface area contributed by atoms with Crippen molar-refractivity contribution in [3.63, 3.8) is 0 Å². The third-order valence-corrected chi connectivity index (χ3v) is 7.14. The number of piperidine rings is 1. The molecule has 0 aliphatic carbocycles. The van der Waals surface area contributed by atoms with Gasteiger partial charge < -0.3 is 14.5 Å². The Bertz CT molecular complexity index is 1120. The number of hydrogen-bond donors (Lipinski definition) is 0. The quantitative estimate of drug-likeness (QED) is 0.631. The topological polar surface area (TPSA) is 56.8 Å². The van der Waals surface area contributed by atoms with Gasteiger partial charge in [-0.3, -0.25) is 4.40 Å². The van der Waals surface area contributed by atoms with Gasteiger partial charge in [-0.15, -0.1) is 0 Å². The van der Waals surface area contributed by atoms with Gasteiger partial charge in [0, 0.05) is 39.3 Å². The summed E-state index contributed by atoms with van der Waals surface area (Å²) in [6.45, 7) is 7.41. The lowest BCUT2D eigenvalue weighted by atomic mass is 10.0. The molecule has 6 nitrogen and oxygen atoms in total. The third-order valence-electron chi connectivity index (χ3n) is 7.14. The fourth-order valence-electron chi connectivity index (χ4n) is 5.29. The first-order chi connectivity index (χ1) is 15.2. The zero-order chi connectivity index (χ0) is 21.4. The molecule has 0 saturated carbocycles. The van der Waals surface area contributed by atoms with Crippen LogP contribution in [0.1, 0.15) is 37.3 Å². The van der Waals surface area contributed by atoms with E-state index < -0.39 is 0 Å². The maximum atomic E-state index is 9.87. The Balaban J connectivity index is 1.46. The molecule has 0 N–H and O–H groups in total. The Morgan fingerprint density at radius 1 is 1.23 bits per heavy atom. The molecule has 5 rings (SSSR count). The second-order valence-electron chi connectivity index (χ2n) is 9.00. The molecule has 2 saturated heterocycles. The van der Waals surface area contributed by atoms with Crippen molar-refractivity contribution in [3.05, 3.63) is 41.5 Å². The van der Waals surface area contributed by atoms with Gasteiger partial charge in [0.25, 0.3) is 0 Å². The van der Waals surface area contributed by atoms with Crippen molar-refractivity contribution in [2.24, 2.45) is 5.92 Å². The van der Waals surface area contributed by atoms with E-state index >= 15 is 0 Å². The standard InChI is InChI=1S/C25H31N5O/c1-3-19-14-24(30-23-7-5-4-6-22(23)27-25(30)21(19)15-26)28(2)20-8-11-29(12-9-20)16-18-10-13-31-17-18/h4-7,14,18,20H,3,8-13,16-17H2,1-2H3. The van der Waals surface area contributed by atoms with Crippen molar-refractivity contribution in [2.45, 2.75) is 38.6 Å². The second-order valence-corrected chi connectivity index (χ2v) is 9.00. The lowest BCUT2D eigenvalue weighted by molar-refractivity contribution is 0.152. The maximum Gasteiger partial charge on any atom is 0.157 e. The number of likely N-dealkylation sites (tertiary alicyclic amines) is 1. The van der Waals surface area contributed by atoms with E-state index in [-0.39, 0.29) is 0 Å². The van der Waals surface area contributed by atoms with E-state index in [4.69, 9.17) is 9.72 Å². The number of hydrogen-bond acceptors (Lipinski definition) is 5. The number of pyridine rings is 1. The van der Waals surface area contributed by atoms with E-state index in [0.29, 0.717) is 17.5 Å². The van der Waals surface area contributed by atoms with Crippen molar-refractivity contribution in [1.29, 1.82) is 5.26 Å². The number of para-hydroxylation sites is 2. The molecular formula is C25H31N5O. The molecule has 1 atom stereocenters. The molecule has 0 amide bonds. The van der Waals surface area contributed by atoms with Crippen LogP contribution in [0.2, 0.25) is 0 Å². The molecule has 2 fully saturated rings. The number of aromatic nitrogens is 2. The summed E-state index contributed by atoms with van der Waals surface area (Å²) >= 11 is 0. The summed E-state index contributed by atoms with van der Waals surface area (Å²) in [5.74, 6) is 1.85. The fourth-order valence-corrected chi connectivity index (χ4v) is 5.29. The predicted octanol–water partition coefficient (Wildman–Crippen LogP) is 3.86. The second kappa shape index (κ2) is 8.49. The molecule has 0 spiro atoms. The largest absolute Gasteiger partial charge is 0.381 e. The number of ether oxygens (including phenoxy) is 1. The van der Waals surface area contributed by atoms with E-state index in [1.165, 1.54) is 13.0 Å². The van der Waals surface area contributed by atoms with Gasteiger partial charge in [-0.05, 0) is 55.4 Å². The highest BCUT2D eigenvalue weighted by molar-refractivity contribution is 5.85. The van der Waals surface area contributed by atoms with Crippen LogP contribution >= 0.6 is 0 Å². The van der Waals surface area contributed by atoms with E-state index in [9.17, 15) is 5.26 Å². The molecule has 2 aliphatic rings. The molecular weight excluding hydrogens is 386 g/mol. The van der Waals surface area contributed by atoms with Gasteiger partial charge in [-0.1, -0.05) is 19.1 Å². The summed E-state index contributed by atoms with van der Waals surface area (Å²) in [6, 6.07) is 13.3.